The predicted octanol–water partition coefficient (Wildman–Crippen LogP) is 3.64. The molecule has 0 aliphatic rings. The van der Waals surface area contributed by atoms with Crippen LogP contribution in [0.2, 0.25) is 5.02 Å². The molecule has 3 aromatic rings. The van der Waals surface area contributed by atoms with Crippen molar-refractivity contribution < 1.29 is 9.84 Å². The lowest BCUT2D eigenvalue weighted by Crippen LogP contribution is -2.32. The van der Waals surface area contributed by atoms with Crippen LogP contribution >= 0.6 is 11.6 Å². The van der Waals surface area contributed by atoms with E-state index >= 15 is 0 Å². The third-order valence-corrected chi connectivity index (χ3v) is 5.21. The number of hydrogen-bond acceptors (Lipinski definition) is 4. The highest BCUT2D eigenvalue weighted by Crippen LogP contribution is 2.21. The normalized spacial score (nSPS) is 12.3. The molecule has 0 aliphatic carbocycles. The quantitative estimate of drug-likeness (QED) is 0.566. The van der Waals surface area contributed by atoms with Gasteiger partial charge in [-0.15, -0.1) is 0 Å². The van der Waals surface area contributed by atoms with Gasteiger partial charge in [0.25, 0.3) is 5.56 Å². The average Bonchev–Trinajstić information content (AvgIpc) is 2.66. The van der Waals surface area contributed by atoms with Gasteiger partial charge in [0, 0.05) is 29.1 Å². The number of pyridine rings is 1. The molecule has 6 heteroatoms. The molecule has 3 rings (SSSR count). The lowest BCUT2D eigenvalue weighted by molar-refractivity contribution is 0.106. The number of aliphatic hydroxyl groups excluding tert-OH is 1. The molecule has 28 heavy (non-hydrogen) atoms. The number of H-pyrrole nitrogens is 1. The van der Waals surface area contributed by atoms with E-state index in [1.807, 2.05) is 45.0 Å². The van der Waals surface area contributed by atoms with Gasteiger partial charge in [-0.1, -0.05) is 23.7 Å². The van der Waals surface area contributed by atoms with Crippen LogP contribution in [0.15, 0.2) is 41.2 Å². The van der Waals surface area contributed by atoms with E-state index in [0.717, 1.165) is 27.6 Å². The number of aromatic amines is 1. The van der Waals surface area contributed by atoms with Gasteiger partial charge in [0.2, 0.25) is 0 Å². The SMILES string of the molecule is Cc1cc(OCC(O)CNCc2cc3c(C)ccc(C)c3[nH]c2=O)ccc1Cl. The second-order valence-electron chi connectivity index (χ2n) is 7.12. The molecule has 2 aromatic carbocycles. The molecule has 5 nitrogen and oxygen atoms in total. The van der Waals surface area contributed by atoms with Gasteiger partial charge in [-0.25, -0.2) is 0 Å². The Morgan fingerprint density at radius 1 is 1.11 bits per heavy atom. The van der Waals surface area contributed by atoms with Crippen molar-refractivity contribution in [2.24, 2.45) is 0 Å². The molecule has 0 saturated carbocycles. The van der Waals surface area contributed by atoms with Gasteiger partial charge in [-0.2, -0.15) is 0 Å². The first-order chi connectivity index (χ1) is 13.3. The van der Waals surface area contributed by atoms with Crippen LogP contribution in [0, 0.1) is 20.8 Å². The summed E-state index contributed by atoms with van der Waals surface area (Å²) in [5.41, 5.74) is 4.49. The Morgan fingerprint density at radius 3 is 2.61 bits per heavy atom. The first-order valence-corrected chi connectivity index (χ1v) is 9.63. The first-order valence-electron chi connectivity index (χ1n) is 9.25. The molecule has 0 bridgehead atoms. The molecule has 1 atom stereocenters. The minimum atomic E-state index is -0.695. The fourth-order valence-corrected chi connectivity index (χ4v) is 3.20. The van der Waals surface area contributed by atoms with E-state index in [1.54, 1.807) is 12.1 Å². The Balaban J connectivity index is 1.57. The molecule has 148 valence electrons. The van der Waals surface area contributed by atoms with Crippen LogP contribution in [0.5, 0.6) is 5.75 Å². The van der Waals surface area contributed by atoms with Crippen molar-refractivity contribution in [2.75, 3.05) is 13.2 Å². The van der Waals surface area contributed by atoms with Crippen LogP contribution in [0.4, 0.5) is 0 Å². The average molecular weight is 401 g/mol. The number of benzene rings is 2. The number of aryl methyl sites for hydroxylation is 3. The summed E-state index contributed by atoms with van der Waals surface area (Å²) in [6.07, 6.45) is -0.695. The number of aliphatic hydroxyl groups is 1. The Hall–Kier alpha value is -2.34. The zero-order valence-electron chi connectivity index (χ0n) is 16.3. The van der Waals surface area contributed by atoms with E-state index in [1.165, 1.54) is 0 Å². The smallest absolute Gasteiger partial charge is 0.252 e. The van der Waals surface area contributed by atoms with Crippen molar-refractivity contribution in [1.82, 2.24) is 10.3 Å². The van der Waals surface area contributed by atoms with Crippen molar-refractivity contribution in [3.63, 3.8) is 0 Å². The summed E-state index contributed by atoms with van der Waals surface area (Å²) in [5.74, 6) is 0.665. The Kier molecular flexibility index (Phi) is 6.39. The second kappa shape index (κ2) is 8.78. The number of hydrogen-bond donors (Lipinski definition) is 3. The summed E-state index contributed by atoms with van der Waals surface area (Å²) < 4.78 is 5.60. The van der Waals surface area contributed by atoms with Crippen LogP contribution < -0.4 is 15.6 Å². The number of fused-ring (bicyclic) bond motifs is 1. The van der Waals surface area contributed by atoms with Crippen molar-refractivity contribution in [3.05, 3.63) is 74.0 Å². The number of halogens is 1. The molecular weight excluding hydrogens is 376 g/mol. The minimum Gasteiger partial charge on any atom is -0.491 e. The van der Waals surface area contributed by atoms with Gasteiger partial charge in [0.15, 0.2) is 0 Å². The molecule has 3 N–H and O–H groups in total. The Bertz CT molecular complexity index is 1050. The topological polar surface area (TPSA) is 74.3 Å². The Morgan fingerprint density at radius 2 is 1.86 bits per heavy atom. The van der Waals surface area contributed by atoms with Gasteiger partial charge in [-0.3, -0.25) is 4.79 Å². The van der Waals surface area contributed by atoms with Gasteiger partial charge in [-0.05, 0) is 61.7 Å². The molecule has 0 spiro atoms. The highest BCUT2D eigenvalue weighted by atomic mass is 35.5. The van der Waals surface area contributed by atoms with Gasteiger partial charge < -0.3 is 20.1 Å². The monoisotopic (exact) mass is 400 g/mol. The third kappa shape index (κ3) is 4.73. The summed E-state index contributed by atoms with van der Waals surface area (Å²) in [4.78, 5) is 15.3. The first kappa shape index (κ1) is 20.4. The highest BCUT2D eigenvalue weighted by Gasteiger charge is 2.09. The lowest BCUT2D eigenvalue weighted by atomic mass is 10.0. The minimum absolute atomic E-state index is 0.115. The van der Waals surface area contributed by atoms with Crippen LogP contribution in [-0.2, 0) is 6.54 Å². The van der Waals surface area contributed by atoms with Crippen LogP contribution in [0.3, 0.4) is 0 Å². The van der Waals surface area contributed by atoms with E-state index in [-0.39, 0.29) is 12.2 Å². The Labute approximate surface area is 169 Å². The zero-order chi connectivity index (χ0) is 20.3. The maximum Gasteiger partial charge on any atom is 0.252 e. The third-order valence-electron chi connectivity index (χ3n) is 4.79. The second-order valence-corrected chi connectivity index (χ2v) is 7.53. The highest BCUT2D eigenvalue weighted by molar-refractivity contribution is 6.31. The summed E-state index contributed by atoms with van der Waals surface area (Å²) in [7, 11) is 0. The summed E-state index contributed by atoms with van der Waals surface area (Å²) in [6, 6.07) is 11.3. The van der Waals surface area contributed by atoms with E-state index in [9.17, 15) is 9.90 Å². The van der Waals surface area contributed by atoms with Gasteiger partial charge >= 0.3 is 0 Å². The van der Waals surface area contributed by atoms with Crippen LogP contribution in [0.1, 0.15) is 22.3 Å². The van der Waals surface area contributed by atoms with Crippen molar-refractivity contribution >= 4 is 22.5 Å². The molecule has 0 amide bonds. The summed E-state index contributed by atoms with van der Waals surface area (Å²) in [6.45, 7) is 6.75. The molecule has 0 aliphatic heterocycles. The van der Waals surface area contributed by atoms with E-state index in [2.05, 4.69) is 10.3 Å². The molecule has 0 saturated heterocycles. The molecule has 0 fully saturated rings. The van der Waals surface area contributed by atoms with E-state index in [0.29, 0.717) is 29.4 Å². The number of ether oxygens (including phenoxy) is 1. The van der Waals surface area contributed by atoms with Crippen molar-refractivity contribution in [3.8, 4) is 5.75 Å². The molecule has 1 unspecified atom stereocenters. The van der Waals surface area contributed by atoms with Crippen LogP contribution in [-0.4, -0.2) is 29.3 Å². The summed E-state index contributed by atoms with van der Waals surface area (Å²) >= 11 is 5.99. The largest absolute Gasteiger partial charge is 0.491 e. The number of rotatable bonds is 7. The number of nitrogens with one attached hydrogen (secondary N) is 2. The van der Waals surface area contributed by atoms with E-state index < -0.39 is 6.10 Å². The fourth-order valence-electron chi connectivity index (χ4n) is 3.08. The molecule has 1 aromatic heterocycles. The van der Waals surface area contributed by atoms with Crippen molar-refractivity contribution in [1.29, 1.82) is 0 Å². The van der Waals surface area contributed by atoms with Gasteiger partial charge in [0.05, 0.1) is 5.52 Å². The zero-order valence-corrected chi connectivity index (χ0v) is 17.1. The maximum atomic E-state index is 12.3. The molecular formula is C22H25ClN2O3. The lowest BCUT2D eigenvalue weighted by Gasteiger charge is -2.14. The number of aromatic nitrogens is 1. The van der Waals surface area contributed by atoms with E-state index in [4.69, 9.17) is 16.3 Å². The van der Waals surface area contributed by atoms with Gasteiger partial charge in [0.1, 0.15) is 18.5 Å². The predicted molar refractivity (Wildman–Crippen MR) is 113 cm³/mol. The maximum absolute atomic E-state index is 12.3. The molecule has 1 heterocycles. The van der Waals surface area contributed by atoms with Crippen LogP contribution in [0.25, 0.3) is 10.9 Å². The summed E-state index contributed by atoms with van der Waals surface area (Å²) in [5, 5.41) is 15.0. The van der Waals surface area contributed by atoms with Crippen molar-refractivity contribution in [2.45, 2.75) is 33.4 Å². The molecule has 0 radical (unpaired) electrons. The fraction of sp³-hybridized carbons (Fsp3) is 0.318. The standard InChI is InChI=1S/C22H25ClN2O3/c1-13-4-5-14(2)21-19(13)9-16(22(27)25-21)10-24-11-17(26)12-28-18-6-7-20(23)15(3)8-18/h4-9,17,24,26H,10-12H2,1-3H3,(H,25,27).